The van der Waals surface area contributed by atoms with Crippen molar-refractivity contribution < 1.29 is 14.6 Å². The molecule has 0 unspecified atom stereocenters. The maximum absolute atomic E-state index is 13.0. The van der Waals surface area contributed by atoms with E-state index in [4.69, 9.17) is 45.3 Å². The standard InChI is InChI=1S/C19H16Cl2N2O3S/c1-22-17(10-12-3-2-4-14(9-12)26-8-7-24)18(25)23(19(22)27)13-5-6-15(20)16(21)11-13/h2-6,9-11,24H,7-8H2,1H3. The van der Waals surface area contributed by atoms with Crippen LogP contribution in [0.5, 0.6) is 5.75 Å². The number of likely N-dealkylation sites (N-methyl/N-ethyl adjacent to an activating group) is 1. The maximum atomic E-state index is 13.0. The minimum absolute atomic E-state index is 0.0700. The van der Waals surface area contributed by atoms with E-state index >= 15 is 0 Å². The van der Waals surface area contributed by atoms with Crippen LogP contribution in [0.2, 0.25) is 10.0 Å². The third-order valence-electron chi connectivity index (χ3n) is 3.94. The van der Waals surface area contributed by atoms with Crippen LogP contribution in [0.4, 0.5) is 5.69 Å². The molecule has 1 heterocycles. The Hall–Kier alpha value is -2.12. The van der Waals surface area contributed by atoms with Gasteiger partial charge in [0.1, 0.15) is 18.1 Å². The summed E-state index contributed by atoms with van der Waals surface area (Å²) in [6.45, 7) is 0.132. The van der Waals surface area contributed by atoms with Crippen molar-refractivity contribution in [1.29, 1.82) is 0 Å². The number of anilines is 1. The van der Waals surface area contributed by atoms with Gasteiger partial charge in [0.25, 0.3) is 5.91 Å². The molecule has 5 nitrogen and oxygen atoms in total. The lowest BCUT2D eigenvalue weighted by Gasteiger charge is -2.16. The van der Waals surface area contributed by atoms with Gasteiger partial charge < -0.3 is 14.7 Å². The van der Waals surface area contributed by atoms with Crippen molar-refractivity contribution >= 4 is 58.2 Å². The molecule has 1 aliphatic heterocycles. The minimum Gasteiger partial charge on any atom is -0.491 e. The molecular weight excluding hydrogens is 407 g/mol. The fourth-order valence-electron chi connectivity index (χ4n) is 2.62. The highest BCUT2D eigenvalue weighted by Crippen LogP contribution is 2.32. The van der Waals surface area contributed by atoms with E-state index in [0.717, 1.165) is 5.56 Å². The molecule has 140 valence electrons. The predicted molar refractivity (Wildman–Crippen MR) is 111 cm³/mol. The van der Waals surface area contributed by atoms with Gasteiger partial charge in [0, 0.05) is 7.05 Å². The van der Waals surface area contributed by atoms with Gasteiger partial charge in [-0.2, -0.15) is 0 Å². The number of carbonyl (C=O) groups excluding carboxylic acids is 1. The summed E-state index contributed by atoms with van der Waals surface area (Å²) in [7, 11) is 1.73. The first kappa shape index (κ1) is 19.6. The number of amides is 1. The highest BCUT2D eigenvalue weighted by atomic mass is 35.5. The number of aliphatic hydroxyl groups excluding tert-OH is 1. The SMILES string of the molecule is CN1C(=S)N(c2ccc(Cl)c(Cl)c2)C(=O)C1=Cc1cccc(OCCO)c1. The summed E-state index contributed by atoms with van der Waals surface area (Å²) >= 11 is 17.5. The van der Waals surface area contributed by atoms with E-state index in [-0.39, 0.29) is 19.1 Å². The van der Waals surface area contributed by atoms with Crippen molar-refractivity contribution in [1.82, 2.24) is 4.90 Å². The van der Waals surface area contributed by atoms with Crippen LogP contribution in [-0.4, -0.2) is 41.3 Å². The highest BCUT2D eigenvalue weighted by molar-refractivity contribution is 7.80. The second kappa shape index (κ2) is 8.27. The third kappa shape index (κ3) is 4.09. The average molecular weight is 423 g/mol. The van der Waals surface area contributed by atoms with Crippen LogP contribution >= 0.6 is 35.4 Å². The first-order valence-corrected chi connectivity index (χ1v) is 9.21. The summed E-state index contributed by atoms with van der Waals surface area (Å²) in [6.07, 6.45) is 1.73. The van der Waals surface area contributed by atoms with Crippen LogP contribution in [0.25, 0.3) is 6.08 Å². The van der Waals surface area contributed by atoms with E-state index in [9.17, 15) is 4.79 Å². The van der Waals surface area contributed by atoms with Crippen molar-refractivity contribution in [3.05, 3.63) is 63.8 Å². The lowest BCUT2D eigenvalue weighted by Crippen LogP contribution is -2.31. The van der Waals surface area contributed by atoms with Crippen LogP contribution in [0.15, 0.2) is 48.2 Å². The quantitative estimate of drug-likeness (QED) is 0.583. The van der Waals surface area contributed by atoms with Gasteiger partial charge in [-0.05, 0) is 54.2 Å². The summed E-state index contributed by atoms with van der Waals surface area (Å²) in [4.78, 5) is 16.0. The van der Waals surface area contributed by atoms with Crippen molar-refractivity contribution in [3.8, 4) is 5.75 Å². The Morgan fingerprint density at radius 2 is 1.96 bits per heavy atom. The molecule has 0 atom stereocenters. The molecule has 27 heavy (non-hydrogen) atoms. The summed E-state index contributed by atoms with van der Waals surface area (Å²) in [6, 6.07) is 12.2. The Balaban J connectivity index is 1.93. The zero-order valence-corrected chi connectivity index (χ0v) is 16.7. The number of nitrogens with zero attached hydrogens (tertiary/aromatic N) is 2. The lowest BCUT2D eigenvalue weighted by atomic mass is 10.1. The first-order valence-electron chi connectivity index (χ1n) is 8.05. The number of ether oxygens (including phenoxy) is 1. The van der Waals surface area contributed by atoms with Crippen LogP contribution in [0.3, 0.4) is 0 Å². The van der Waals surface area contributed by atoms with Gasteiger partial charge >= 0.3 is 0 Å². The van der Waals surface area contributed by atoms with E-state index in [1.54, 1.807) is 48.4 Å². The summed E-state index contributed by atoms with van der Waals surface area (Å²) in [5, 5.41) is 9.97. The Bertz CT molecular complexity index is 933. The molecule has 3 rings (SSSR count). The van der Waals surface area contributed by atoms with E-state index < -0.39 is 0 Å². The van der Waals surface area contributed by atoms with Crippen LogP contribution in [0.1, 0.15) is 5.56 Å². The largest absolute Gasteiger partial charge is 0.491 e. The number of halogens is 2. The Morgan fingerprint density at radius 3 is 2.67 bits per heavy atom. The second-order valence-electron chi connectivity index (χ2n) is 5.75. The molecule has 0 aromatic heterocycles. The molecule has 1 saturated heterocycles. The maximum Gasteiger partial charge on any atom is 0.281 e. The molecule has 2 aromatic carbocycles. The fraction of sp³-hybridized carbons (Fsp3) is 0.158. The van der Waals surface area contributed by atoms with Gasteiger partial charge in [0.05, 0.1) is 22.3 Å². The van der Waals surface area contributed by atoms with E-state index in [1.807, 2.05) is 12.1 Å². The normalized spacial score (nSPS) is 15.8. The van der Waals surface area contributed by atoms with E-state index in [0.29, 0.717) is 32.3 Å². The van der Waals surface area contributed by atoms with Crippen molar-refractivity contribution in [2.24, 2.45) is 0 Å². The van der Waals surface area contributed by atoms with E-state index in [2.05, 4.69) is 0 Å². The molecular formula is C19H16Cl2N2O3S. The Kier molecular flexibility index (Phi) is 6.01. The Morgan fingerprint density at radius 1 is 1.19 bits per heavy atom. The fourth-order valence-corrected chi connectivity index (χ4v) is 3.20. The molecule has 1 N–H and O–H groups in total. The number of carbonyl (C=O) groups is 1. The topological polar surface area (TPSA) is 53.0 Å². The predicted octanol–water partition coefficient (Wildman–Crippen LogP) is 3.97. The molecule has 1 aliphatic rings. The summed E-state index contributed by atoms with van der Waals surface area (Å²) in [5.74, 6) is 0.345. The molecule has 1 amide bonds. The molecule has 0 bridgehead atoms. The first-order chi connectivity index (χ1) is 12.9. The van der Waals surface area contributed by atoms with Gasteiger partial charge in [0.2, 0.25) is 0 Å². The van der Waals surface area contributed by atoms with Crippen LogP contribution in [-0.2, 0) is 4.79 Å². The molecule has 2 aromatic rings. The van der Waals surface area contributed by atoms with Gasteiger partial charge in [-0.15, -0.1) is 0 Å². The number of aliphatic hydroxyl groups is 1. The smallest absolute Gasteiger partial charge is 0.281 e. The average Bonchev–Trinajstić information content (AvgIpc) is 2.86. The molecule has 1 fully saturated rings. The van der Waals surface area contributed by atoms with E-state index in [1.165, 1.54) is 4.90 Å². The minimum atomic E-state index is -0.262. The van der Waals surface area contributed by atoms with Gasteiger partial charge in [-0.1, -0.05) is 35.3 Å². The number of rotatable bonds is 5. The molecule has 0 spiro atoms. The summed E-state index contributed by atoms with van der Waals surface area (Å²) in [5.41, 5.74) is 1.75. The van der Waals surface area contributed by atoms with Crippen LogP contribution < -0.4 is 9.64 Å². The van der Waals surface area contributed by atoms with Gasteiger partial charge in [-0.25, -0.2) is 0 Å². The molecule has 0 saturated carbocycles. The molecule has 8 heteroatoms. The zero-order chi connectivity index (χ0) is 19.6. The summed E-state index contributed by atoms with van der Waals surface area (Å²) < 4.78 is 5.41. The highest BCUT2D eigenvalue weighted by Gasteiger charge is 2.36. The van der Waals surface area contributed by atoms with Gasteiger partial charge in [-0.3, -0.25) is 9.69 Å². The number of hydrogen-bond donors (Lipinski definition) is 1. The lowest BCUT2D eigenvalue weighted by molar-refractivity contribution is -0.114. The van der Waals surface area contributed by atoms with Crippen molar-refractivity contribution in [2.75, 3.05) is 25.2 Å². The second-order valence-corrected chi connectivity index (χ2v) is 6.93. The monoisotopic (exact) mass is 422 g/mol. The zero-order valence-electron chi connectivity index (χ0n) is 14.4. The number of hydrogen-bond acceptors (Lipinski definition) is 4. The number of thiocarbonyl (C=S) groups is 1. The van der Waals surface area contributed by atoms with Crippen LogP contribution in [0, 0.1) is 0 Å². The molecule has 0 radical (unpaired) electrons. The number of benzene rings is 2. The van der Waals surface area contributed by atoms with Crippen molar-refractivity contribution in [3.63, 3.8) is 0 Å². The Labute approximate surface area is 172 Å². The third-order valence-corrected chi connectivity index (χ3v) is 5.14. The van der Waals surface area contributed by atoms with Gasteiger partial charge in [0.15, 0.2) is 5.11 Å². The van der Waals surface area contributed by atoms with Crippen molar-refractivity contribution in [2.45, 2.75) is 0 Å². The molecule has 0 aliphatic carbocycles.